The topological polar surface area (TPSA) is 63.3 Å². The molecule has 0 aliphatic heterocycles. The fraction of sp³-hybridized carbons (Fsp3) is 0.250. The monoisotopic (exact) mass is 203 g/mol. The van der Waals surface area contributed by atoms with Crippen molar-refractivity contribution in [1.29, 1.82) is 0 Å². The van der Waals surface area contributed by atoms with Crippen LogP contribution in [0.3, 0.4) is 0 Å². The Morgan fingerprint density at radius 2 is 2.27 bits per heavy atom. The van der Waals surface area contributed by atoms with E-state index >= 15 is 0 Å². The van der Waals surface area contributed by atoms with Gasteiger partial charge in [-0.3, -0.25) is 0 Å². The van der Waals surface area contributed by atoms with Gasteiger partial charge in [-0.05, 0) is 24.6 Å². The van der Waals surface area contributed by atoms with Crippen molar-refractivity contribution in [3.05, 3.63) is 34.9 Å². The summed E-state index contributed by atoms with van der Waals surface area (Å²) < 4.78 is 0. The number of aryl methyl sites for hydroxylation is 1. The summed E-state index contributed by atoms with van der Waals surface area (Å²) in [6.45, 7) is 2.28. The standard InChI is InChI=1S/C12H13NO2/c1-9-5-6-10(4-2-3-7-13)8-11(9)12(14)15/h5-6,8H,3,7,13H2,1H3,(H,14,15). The number of hydrogen-bond acceptors (Lipinski definition) is 2. The third-order valence-electron chi connectivity index (χ3n) is 1.97. The molecular weight excluding hydrogens is 190 g/mol. The summed E-state index contributed by atoms with van der Waals surface area (Å²) in [7, 11) is 0. The second kappa shape index (κ2) is 5.18. The third kappa shape index (κ3) is 3.12. The zero-order chi connectivity index (χ0) is 11.3. The van der Waals surface area contributed by atoms with Gasteiger partial charge >= 0.3 is 5.97 Å². The molecule has 78 valence electrons. The first-order chi connectivity index (χ1) is 7.15. The Kier molecular flexibility index (Phi) is 3.90. The number of rotatable bonds is 2. The molecule has 3 N–H and O–H groups in total. The third-order valence-corrected chi connectivity index (χ3v) is 1.97. The minimum atomic E-state index is -0.921. The number of carbonyl (C=O) groups is 1. The Morgan fingerprint density at radius 3 is 2.87 bits per heavy atom. The van der Waals surface area contributed by atoms with E-state index in [0.717, 1.165) is 5.56 Å². The van der Waals surface area contributed by atoms with E-state index in [-0.39, 0.29) is 0 Å². The van der Waals surface area contributed by atoms with Gasteiger partial charge in [0.05, 0.1) is 5.56 Å². The molecule has 0 fully saturated rings. The molecule has 15 heavy (non-hydrogen) atoms. The smallest absolute Gasteiger partial charge is 0.335 e. The van der Waals surface area contributed by atoms with Gasteiger partial charge in [0.15, 0.2) is 0 Å². The Hall–Kier alpha value is -1.79. The van der Waals surface area contributed by atoms with Crippen LogP contribution in [0.1, 0.15) is 27.9 Å². The van der Waals surface area contributed by atoms with Gasteiger partial charge in [-0.1, -0.05) is 17.9 Å². The van der Waals surface area contributed by atoms with E-state index in [0.29, 0.717) is 24.1 Å². The van der Waals surface area contributed by atoms with E-state index in [9.17, 15) is 4.79 Å². The molecule has 0 spiro atoms. The molecule has 1 rings (SSSR count). The first kappa shape index (κ1) is 11.3. The van der Waals surface area contributed by atoms with E-state index in [1.807, 2.05) is 6.07 Å². The van der Waals surface area contributed by atoms with Crippen LogP contribution in [0, 0.1) is 18.8 Å². The van der Waals surface area contributed by atoms with Gasteiger partial charge in [0, 0.05) is 18.5 Å². The first-order valence-corrected chi connectivity index (χ1v) is 4.68. The molecule has 3 nitrogen and oxygen atoms in total. The van der Waals surface area contributed by atoms with E-state index < -0.39 is 5.97 Å². The quantitative estimate of drug-likeness (QED) is 0.714. The lowest BCUT2D eigenvalue weighted by Crippen LogP contribution is -2.00. The number of carboxylic acids is 1. The van der Waals surface area contributed by atoms with Crippen LogP contribution >= 0.6 is 0 Å². The number of carboxylic acid groups (broad SMARTS) is 1. The van der Waals surface area contributed by atoms with Crippen LogP contribution in [-0.2, 0) is 0 Å². The Balaban J connectivity index is 2.99. The highest BCUT2D eigenvalue weighted by Gasteiger charge is 2.06. The van der Waals surface area contributed by atoms with Gasteiger partial charge in [-0.2, -0.15) is 0 Å². The molecule has 3 heteroatoms. The predicted octanol–water partition coefficient (Wildman–Crippen LogP) is 1.39. The maximum Gasteiger partial charge on any atom is 0.335 e. The van der Waals surface area contributed by atoms with Crippen molar-refractivity contribution in [3.63, 3.8) is 0 Å². The molecule has 0 aliphatic rings. The Labute approximate surface area is 88.9 Å². The van der Waals surface area contributed by atoms with E-state index in [1.54, 1.807) is 19.1 Å². The van der Waals surface area contributed by atoms with Crippen molar-refractivity contribution in [1.82, 2.24) is 0 Å². The van der Waals surface area contributed by atoms with Crippen molar-refractivity contribution in [2.75, 3.05) is 6.54 Å². The lowest BCUT2D eigenvalue weighted by atomic mass is 10.1. The zero-order valence-electron chi connectivity index (χ0n) is 8.58. The maximum absolute atomic E-state index is 10.8. The second-order valence-electron chi connectivity index (χ2n) is 3.18. The van der Waals surface area contributed by atoms with Crippen LogP contribution in [-0.4, -0.2) is 17.6 Å². The summed E-state index contributed by atoms with van der Waals surface area (Å²) in [5.74, 6) is 4.82. The maximum atomic E-state index is 10.8. The number of aromatic carboxylic acids is 1. The van der Waals surface area contributed by atoms with Crippen LogP contribution in [0.25, 0.3) is 0 Å². The molecule has 0 aliphatic carbocycles. The Morgan fingerprint density at radius 1 is 1.53 bits per heavy atom. The minimum absolute atomic E-state index is 0.301. The molecule has 0 saturated carbocycles. The second-order valence-corrected chi connectivity index (χ2v) is 3.18. The first-order valence-electron chi connectivity index (χ1n) is 4.68. The van der Waals surface area contributed by atoms with Crippen LogP contribution in [0.2, 0.25) is 0 Å². The highest BCUT2D eigenvalue weighted by atomic mass is 16.4. The molecule has 0 heterocycles. The van der Waals surface area contributed by atoms with Gasteiger partial charge in [0.1, 0.15) is 0 Å². The lowest BCUT2D eigenvalue weighted by molar-refractivity contribution is 0.0696. The average Bonchev–Trinajstić information content (AvgIpc) is 2.20. The summed E-state index contributed by atoms with van der Waals surface area (Å²) in [5, 5.41) is 8.89. The van der Waals surface area contributed by atoms with Crippen LogP contribution in [0.4, 0.5) is 0 Å². The molecule has 0 aromatic heterocycles. The highest BCUT2D eigenvalue weighted by molar-refractivity contribution is 5.89. The molecule has 0 radical (unpaired) electrons. The molecule has 1 aromatic rings. The summed E-state index contributed by atoms with van der Waals surface area (Å²) in [5.41, 5.74) is 7.06. The van der Waals surface area contributed by atoms with E-state index in [4.69, 9.17) is 10.8 Å². The Bertz CT molecular complexity index is 427. The molecular formula is C12H13NO2. The van der Waals surface area contributed by atoms with Gasteiger partial charge in [-0.25, -0.2) is 4.79 Å². The van der Waals surface area contributed by atoms with Crippen molar-refractivity contribution < 1.29 is 9.90 Å². The van der Waals surface area contributed by atoms with E-state index in [1.165, 1.54) is 0 Å². The van der Waals surface area contributed by atoms with Crippen molar-refractivity contribution in [2.24, 2.45) is 5.73 Å². The van der Waals surface area contributed by atoms with Gasteiger partial charge in [0.25, 0.3) is 0 Å². The fourth-order valence-corrected chi connectivity index (χ4v) is 1.17. The van der Waals surface area contributed by atoms with Crippen LogP contribution < -0.4 is 5.73 Å². The van der Waals surface area contributed by atoms with Crippen molar-refractivity contribution in [3.8, 4) is 11.8 Å². The average molecular weight is 203 g/mol. The lowest BCUT2D eigenvalue weighted by Gasteiger charge is -2.00. The van der Waals surface area contributed by atoms with Crippen molar-refractivity contribution in [2.45, 2.75) is 13.3 Å². The van der Waals surface area contributed by atoms with Crippen molar-refractivity contribution >= 4 is 5.97 Å². The molecule has 1 aromatic carbocycles. The van der Waals surface area contributed by atoms with Gasteiger partial charge in [0.2, 0.25) is 0 Å². The molecule has 0 atom stereocenters. The van der Waals surface area contributed by atoms with Gasteiger partial charge in [-0.15, -0.1) is 0 Å². The largest absolute Gasteiger partial charge is 0.478 e. The summed E-state index contributed by atoms with van der Waals surface area (Å²) in [6.07, 6.45) is 0.621. The zero-order valence-corrected chi connectivity index (χ0v) is 8.58. The fourth-order valence-electron chi connectivity index (χ4n) is 1.17. The number of nitrogens with two attached hydrogens (primary N) is 1. The summed E-state index contributed by atoms with van der Waals surface area (Å²) >= 11 is 0. The summed E-state index contributed by atoms with van der Waals surface area (Å²) in [6, 6.07) is 5.16. The predicted molar refractivity (Wildman–Crippen MR) is 58.7 cm³/mol. The normalized spacial score (nSPS) is 9.20. The number of hydrogen-bond donors (Lipinski definition) is 2. The number of benzene rings is 1. The molecule has 0 unspecified atom stereocenters. The molecule has 0 bridgehead atoms. The van der Waals surface area contributed by atoms with E-state index in [2.05, 4.69) is 11.8 Å². The molecule has 0 saturated heterocycles. The SMILES string of the molecule is Cc1ccc(C#CCCN)cc1C(=O)O. The summed E-state index contributed by atoms with van der Waals surface area (Å²) in [4.78, 5) is 10.8. The minimum Gasteiger partial charge on any atom is -0.478 e. The van der Waals surface area contributed by atoms with Crippen LogP contribution in [0.15, 0.2) is 18.2 Å². The van der Waals surface area contributed by atoms with Gasteiger partial charge < -0.3 is 10.8 Å². The molecule has 0 amide bonds. The highest BCUT2D eigenvalue weighted by Crippen LogP contribution is 2.10. The van der Waals surface area contributed by atoms with Crippen LogP contribution in [0.5, 0.6) is 0 Å².